The second kappa shape index (κ2) is 5.98. The molecule has 0 bridgehead atoms. The molecule has 0 aromatic carbocycles. The van der Waals surface area contributed by atoms with E-state index in [0.29, 0.717) is 13.0 Å². The van der Waals surface area contributed by atoms with Crippen LogP contribution < -0.4 is 5.73 Å². The standard InChI is InChI=1S/C10H19NO3/c1-2-9(11)10(12)14-7-8-5-3-4-6-13-8/h8-9H,2-7,11H2,1H3/t8?,9-/m0/s1. The van der Waals surface area contributed by atoms with Gasteiger partial charge in [-0.2, -0.15) is 0 Å². The van der Waals surface area contributed by atoms with Crippen molar-refractivity contribution in [2.24, 2.45) is 5.73 Å². The normalized spacial score (nSPS) is 24.3. The van der Waals surface area contributed by atoms with E-state index in [0.717, 1.165) is 25.9 Å². The number of ether oxygens (including phenoxy) is 2. The zero-order valence-electron chi connectivity index (χ0n) is 8.70. The number of carbonyl (C=O) groups is 1. The first-order valence-electron chi connectivity index (χ1n) is 5.28. The lowest BCUT2D eigenvalue weighted by Gasteiger charge is -2.22. The van der Waals surface area contributed by atoms with Crippen molar-refractivity contribution in [3.05, 3.63) is 0 Å². The predicted octanol–water partition coefficient (Wildman–Crippen LogP) is 0.836. The van der Waals surface area contributed by atoms with E-state index in [9.17, 15) is 4.79 Å². The summed E-state index contributed by atoms with van der Waals surface area (Å²) in [7, 11) is 0. The second-order valence-electron chi connectivity index (χ2n) is 3.63. The van der Waals surface area contributed by atoms with Crippen molar-refractivity contribution in [2.45, 2.75) is 44.8 Å². The van der Waals surface area contributed by atoms with Gasteiger partial charge >= 0.3 is 5.97 Å². The van der Waals surface area contributed by atoms with Crippen molar-refractivity contribution < 1.29 is 14.3 Å². The molecule has 1 fully saturated rings. The summed E-state index contributed by atoms with van der Waals surface area (Å²) in [4.78, 5) is 11.2. The number of hydrogen-bond donors (Lipinski definition) is 1. The molecule has 1 aliphatic heterocycles. The first-order valence-corrected chi connectivity index (χ1v) is 5.28. The predicted molar refractivity (Wildman–Crippen MR) is 52.8 cm³/mol. The summed E-state index contributed by atoms with van der Waals surface area (Å²) in [5, 5.41) is 0. The van der Waals surface area contributed by atoms with E-state index in [4.69, 9.17) is 15.2 Å². The van der Waals surface area contributed by atoms with Gasteiger partial charge in [-0.25, -0.2) is 0 Å². The molecule has 1 rings (SSSR count). The molecule has 82 valence electrons. The molecule has 4 heteroatoms. The molecule has 1 heterocycles. The van der Waals surface area contributed by atoms with Crippen molar-refractivity contribution in [1.82, 2.24) is 0 Å². The average molecular weight is 201 g/mol. The minimum Gasteiger partial charge on any atom is -0.462 e. The summed E-state index contributed by atoms with van der Waals surface area (Å²) in [6.45, 7) is 3.00. The van der Waals surface area contributed by atoms with E-state index in [-0.39, 0.29) is 12.1 Å². The zero-order valence-corrected chi connectivity index (χ0v) is 8.70. The molecular weight excluding hydrogens is 182 g/mol. The molecular formula is C10H19NO3. The number of carbonyl (C=O) groups excluding carboxylic acids is 1. The van der Waals surface area contributed by atoms with Crippen molar-refractivity contribution in [1.29, 1.82) is 0 Å². The fraction of sp³-hybridized carbons (Fsp3) is 0.900. The van der Waals surface area contributed by atoms with Crippen LogP contribution in [0.3, 0.4) is 0 Å². The second-order valence-corrected chi connectivity index (χ2v) is 3.63. The Balaban J connectivity index is 2.15. The minimum atomic E-state index is -0.487. The molecule has 0 aromatic heterocycles. The topological polar surface area (TPSA) is 61.6 Å². The molecule has 1 saturated heterocycles. The average Bonchev–Trinajstić information content (AvgIpc) is 2.26. The Morgan fingerprint density at radius 1 is 1.64 bits per heavy atom. The molecule has 0 amide bonds. The molecule has 0 radical (unpaired) electrons. The summed E-state index contributed by atoms with van der Waals surface area (Å²) in [6.07, 6.45) is 3.94. The third kappa shape index (κ3) is 3.64. The Kier molecular flexibility index (Phi) is 4.90. The highest BCUT2D eigenvalue weighted by molar-refractivity contribution is 5.75. The molecule has 0 saturated carbocycles. The summed E-state index contributed by atoms with van der Waals surface area (Å²) < 4.78 is 10.5. The van der Waals surface area contributed by atoms with Gasteiger partial charge in [-0.3, -0.25) is 4.79 Å². The van der Waals surface area contributed by atoms with Gasteiger partial charge in [0, 0.05) is 6.61 Å². The lowest BCUT2D eigenvalue weighted by molar-refractivity contribution is -0.150. The molecule has 1 unspecified atom stereocenters. The van der Waals surface area contributed by atoms with Gasteiger partial charge in [-0.15, -0.1) is 0 Å². The number of nitrogens with two attached hydrogens (primary N) is 1. The van der Waals surface area contributed by atoms with E-state index in [1.165, 1.54) is 0 Å². The highest BCUT2D eigenvalue weighted by Crippen LogP contribution is 2.12. The van der Waals surface area contributed by atoms with Crippen LogP contribution in [-0.4, -0.2) is 31.3 Å². The Bertz CT molecular complexity index is 178. The van der Waals surface area contributed by atoms with Crippen LogP contribution in [0.25, 0.3) is 0 Å². The Labute approximate surface area is 84.7 Å². The lowest BCUT2D eigenvalue weighted by atomic mass is 10.1. The van der Waals surface area contributed by atoms with Crippen LogP contribution in [0.2, 0.25) is 0 Å². The highest BCUT2D eigenvalue weighted by Gasteiger charge is 2.18. The van der Waals surface area contributed by atoms with Gasteiger partial charge in [0.1, 0.15) is 12.6 Å². The van der Waals surface area contributed by atoms with Crippen LogP contribution in [0.5, 0.6) is 0 Å². The van der Waals surface area contributed by atoms with E-state index >= 15 is 0 Å². The van der Waals surface area contributed by atoms with Gasteiger partial charge in [-0.1, -0.05) is 6.92 Å². The summed E-state index contributed by atoms with van der Waals surface area (Å²) >= 11 is 0. The maximum Gasteiger partial charge on any atom is 0.322 e. The van der Waals surface area contributed by atoms with Crippen molar-refractivity contribution >= 4 is 5.97 Å². The van der Waals surface area contributed by atoms with Crippen LogP contribution >= 0.6 is 0 Å². The third-order valence-corrected chi connectivity index (χ3v) is 2.43. The molecule has 14 heavy (non-hydrogen) atoms. The van der Waals surface area contributed by atoms with Gasteiger partial charge in [0.25, 0.3) is 0 Å². The SMILES string of the molecule is CC[C@H](N)C(=O)OCC1CCCCO1. The van der Waals surface area contributed by atoms with Gasteiger partial charge in [-0.05, 0) is 25.7 Å². The zero-order chi connectivity index (χ0) is 10.4. The largest absolute Gasteiger partial charge is 0.462 e. The highest BCUT2D eigenvalue weighted by atomic mass is 16.6. The van der Waals surface area contributed by atoms with Crippen molar-refractivity contribution in [3.63, 3.8) is 0 Å². The van der Waals surface area contributed by atoms with Crippen molar-refractivity contribution in [2.75, 3.05) is 13.2 Å². The summed E-state index contributed by atoms with van der Waals surface area (Å²) in [5.74, 6) is -0.318. The van der Waals surface area contributed by atoms with Gasteiger partial charge in [0.05, 0.1) is 6.10 Å². The summed E-state index contributed by atoms with van der Waals surface area (Å²) in [6, 6.07) is -0.487. The first-order chi connectivity index (χ1) is 6.74. The lowest BCUT2D eigenvalue weighted by Crippen LogP contribution is -2.34. The first kappa shape index (κ1) is 11.5. The molecule has 1 aliphatic rings. The number of esters is 1. The molecule has 0 spiro atoms. The van der Waals surface area contributed by atoms with E-state index in [2.05, 4.69) is 0 Å². The fourth-order valence-corrected chi connectivity index (χ4v) is 1.39. The maximum atomic E-state index is 11.2. The Morgan fingerprint density at radius 2 is 2.43 bits per heavy atom. The van der Waals surface area contributed by atoms with Crippen LogP contribution in [0.15, 0.2) is 0 Å². The van der Waals surface area contributed by atoms with Crippen LogP contribution in [0.4, 0.5) is 0 Å². The van der Waals surface area contributed by atoms with E-state index in [1.807, 2.05) is 6.92 Å². The quantitative estimate of drug-likeness (QED) is 0.684. The minimum absolute atomic E-state index is 0.0803. The van der Waals surface area contributed by atoms with Crippen LogP contribution in [0, 0.1) is 0 Å². The fourth-order valence-electron chi connectivity index (χ4n) is 1.39. The van der Waals surface area contributed by atoms with Crippen LogP contribution in [0.1, 0.15) is 32.6 Å². The number of hydrogen-bond acceptors (Lipinski definition) is 4. The smallest absolute Gasteiger partial charge is 0.322 e. The molecule has 0 aliphatic carbocycles. The van der Waals surface area contributed by atoms with Crippen molar-refractivity contribution in [3.8, 4) is 0 Å². The van der Waals surface area contributed by atoms with E-state index in [1.54, 1.807) is 0 Å². The Hall–Kier alpha value is -0.610. The maximum absolute atomic E-state index is 11.2. The van der Waals surface area contributed by atoms with Crippen LogP contribution in [-0.2, 0) is 14.3 Å². The monoisotopic (exact) mass is 201 g/mol. The van der Waals surface area contributed by atoms with Gasteiger partial charge in [0.15, 0.2) is 0 Å². The van der Waals surface area contributed by atoms with E-state index < -0.39 is 6.04 Å². The number of rotatable bonds is 4. The molecule has 0 aromatic rings. The molecule has 4 nitrogen and oxygen atoms in total. The Morgan fingerprint density at radius 3 is 3.00 bits per heavy atom. The van der Waals surface area contributed by atoms with Gasteiger partial charge in [0.2, 0.25) is 0 Å². The summed E-state index contributed by atoms with van der Waals surface area (Å²) in [5.41, 5.74) is 5.52. The van der Waals surface area contributed by atoms with Gasteiger partial charge < -0.3 is 15.2 Å². The third-order valence-electron chi connectivity index (χ3n) is 2.43. The molecule has 2 atom stereocenters. The molecule has 2 N–H and O–H groups in total.